The summed E-state index contributed by atoms with van der Waals surface area (Å²) in [5, 5.41) is 10.6. The van der Waals surface area contributed by atoms with Crippen LogP contribution in [0.1, 0.15) is 12.8 Å². The van der Waals surface area contributed by atoms with Crippen molar-refractivity contribution >= 4 is 17.5 Å². The first-order valence-corrected chi connectivity index (χ1v) is 7.04. The van der Waals surface area contributed by atoms with E-state index in [1.165, 1.54) is 0 Å². The summed E-state index contributed by atoms with van der Waals surface area (Å²) in [5.74, 6) is 0.328. The number of hydrogen-bond donors (Lipinski definition) is 2. The first-order chi connectivity index (χ1) is 9.56. The Hall–Kier alpha value is -1.30. The molecule has 2 rings (SSSR count). The lowest BCUT2D eigenvalue weighted by Gasteiger charge is -2.24. The molecule has 3 N–H and O–H groups in total. The number of nitrogens with two attached hydrogens (primary N) is 1. The molecule has 0 radical (unpaired) electrons. The molecule has 0 spiro atoms. The Balaban J connectivity index is 1.79. The summed E-state index contributed by atoms with van der Waals surface area (Å²) in [6.07, 6.45) is 1.03. The van der Waals surface area contributed by atoms with Gasteiger partial charge in [-0.3, -0.25) is 9.69 Å². The molecular weight excluding hydrogens is 280 g/mol. The van der Waals surface area contributed by atoms with Gasteiger partial charge in [-0.15, -0.1) is 0 Å². The molecule has 1 aliphatic heterocycles. The molecule has 0 saturated carbocycles. The van der Waals surface area contributed by atoms with Crippen LogP contribution >= 0.6 is 11.6 Å². The molecular formula is C14H19ClN2O3. The number of aliphatic hydroxyl groups excluding tert-OH is 1. The van der Waals surface area contributed by atoms with E-state index >= 15 is 0 Å². The van der Waals surface area contributed by atoms with Crippen molar-refractivity contribution in [1.29, 1.82) is 0 Å². The number of rotatable bonds is 6. The summed E-state index contributed by atoms with van der Waals surface area (Å²) in [7, 11) is 0. The summed E-state index contributed by atoms with van der Waals surface area (Å²) < 4.78 is 5.48. The molecule has 0 bridgehead atoms. The lowest BCUT2D eigenvalue weighted by molar-refractivity contribution is -0.122. The molecule has 2 atom stereocenters. The van der Waals surface area contributed by atoms with Gasteiger partial charge in [0.05, 0.1) is 6.04 Å². The minimum Gasteiger partial charge on any atom is -0.491 e. The normalized spacial score (nSPS) is 20.8. The fourth-order valence-corrected chi connectivity index (χ4v) is 2.54. The van der Waals surface area contributed by atoms with E-state index in [1.807, 2.05) is 4.90 Å². The van der Waals surface area contributed by atoms with Gasteiger partial charge in [0.1, 0.15) is 18.5 Å². The molecule has 1 fully saturated rings. The number of likely N-dealkylation sites (tertiary alicyclic amines) is 1. The van der Waals surface area contributed by atoms with E-state index in [0.717, 1.165) is 19.4 Å². The van der Waals surface area contributed by atoms with Gasteiger partial charge < -0.3 is 15.6 Å². The highest BCUT2D eigenvalue weighted by Gasteiger charge is 2.30. The topological polar surface area (TPSA) is 75.8 Å². The number of β-amino-alcohol motifs (C(OH)–C–C–N with tert-alkyl or cyclic N) is 1. The molecule has 0 aromatic heterocycles. The van der Waals surface area contributed by atoms with Crippen LogP contribution in [0.4, 0.5) is 0 Å². The van der Waals surface area contributed by atoms with Crippen molar-refractivity contribution in [1.82, 2.24) is 4.90 Å². The average Bonchev–Trinajstić information content (AvgIpc) is 2.86. The van der Waals surface area contributed by atoms with E-state index < -0.39 is 6.10 Å². The Morgan fingerprint density at radius 1 is 1.50 bits per heavy atom. The Kier molecular flexibility index (Phi) is 5.23. The zero-order chi connectivity index (χ0) is 14.5. The van der Waals surface area contributed by atoms with Crippen LogP contribution in [0.3, 0.4) is 0 Å². The lowest BCUT2D eigenvalue weighted by Crippen LogP contribution is -2.44. The van der Waals surface area contributed by atoms with Gasteiger partial charge in [0.2, 0.25) is 5.91 Å². The predicted octanol–water partition coefficient (Wildman–Crippen LogP) is 1.03. The highest BCUT2D eigenvalue weighted by molar-refractivity contribution is 6.30. The third-order valence-corrected chi connectivity index (χ3v) is 3.65. The van der Waals surface area contributed by atoms with E-state index in [-0.39, 0.29) is 18.6 Å². The summed E-state index contributed by atoms with van der Waals surface area (Å²) in [4.78, 5) is 13.2. The number of carbonyl (C=O) groups excluding carboxylic acids is 1. The van der Waals surface area contributed by atoms with Crippen LogP contribution in [0.2, 0.25) is 5.02 Å². The van der Waals surface area contributed by atoms with Gasteiger partial charge in [0.15, 0.2) is 0 Å². The Labute approximate surface area is 123 Å². The molecule has 1 saturated heterocycles. The Bertz CT molecular complexity index is 452. The number of primary amides is 1. The summed E-state index contributed by atoms with van der Waals surface area (Å²) in [6, 6.07) is 6.69. The molecule has 20 heavy (non-hydrogen) atoms. The molecule has 1 amide bonds. The third-order valence-electron chi connectivity index (χ3n) is 3.39. The third kappa shape index (κ3) is 4.10. The predicted molar refractivity (Wildman–Crippen MR) is 76.7 cm³/mol. The maximum absolute atomic E-state index is 11.3. The summed E-state index contributed by atoms with van der Waals surface area (Å²) >= 11 is 5.78. The van der Waals surface area contributed by atoms with Crippen molar-refractivity contribution in [2.45, 2.75) is 25.0 Å². The molecule has 1 aromatic carbocycles. The van der Waals surface area contributed by atoms with Crippen molar-refractivity contribution in [3.8, 4) is 5.75 Å². The van der Waals surface area contributed by atoms with E-state index in [0.29, 0.717) is 17.3 Å². The second-order valence-corrected chi connectivity index (χ2v) is 5.41. The van der Waals surface area contributed by atoms with Gasteiger partial charge in [-0.25, -0.2) is 0 Å². The molecule has 5 nitrogen and oxygen atoms in total. The number of carbonyl (C=O) groups is 1. The maximum atomic E-state index is 11.3. The summed E-state index contributed by atoms with van der Waals surface area (Å²) in [5.41, 5.74) is 5.34. The summed E-state index contributed by atoms with van der Waals surface area (Å²) in [6.45, 7) is 1.34. The SMILES string of the molecule is NC(=O)C1CCCN1CC(O)COc1ccc(Cl)cc1. The molecule has 1 heterocycles. The fraction of sp³-hybridized carbons (Fsp3) is 0.500. The van der Waals surface area contributed by atoms with Crippen molar-refractivity contribution in [3.05, 3.63) is 29.3 Å². The number of nitrogens with zero attached hydrogens (tertiary/aromatic N) is 1. The van der Waals surface area contributed by atoms with Gasteiger partial charge >= 0.3 is 0 Å². The molecule has 1 aliphatic rings. The van der Waals surface area contributed by atoms with E-state index in [4.69, 9.17) is 22.1 Å². The van der Waals surface area contributed by atoms with Crippen molar-refractivity contribution < 1.29 is 14.6 Å². The van der Waals surface area contributed by atoms with Crippen LogP contribution in [-0.4, -0.2) is 47.8 Å². The highest BCUT2D eigenvalue weighted by atomic mass is 35.5. The monoisotopic (exact) mass is 298 g/mol. The molecule has 0 aliphatic carbocycles. The molecule has 110 valence electrons. The number of benzene rings is 1. The number of amides is 1. The molecule has 2 unspecified atom stereocenters. The van der Waals surface area contributed by atoms with Crippen LogP contribution < -0.4 is 10.5 Å². The van der Waals surface area contributed by atoms with Gasteiger partial charge in [0, 0.05) is 11.6 Å². The van der Waals surface area contributed by atoms with Crippen molar-refractivity contribution in [2.24, 2.45) is 5.73 Å². The van der Waals surface area contributed by atoms with Crippen LogP contribution in [0.25, 0.3) is 0 Å². The smallest absolute Gasteiger partial charge is 0.234 e. The zero-order valence-corrected chi connectivity index (χ0v) is 11.9. The number of hydrogen-bond acceptors (Lipinski definition) is 4. The van der Waals surface area contributed by atoms with E-state index in [1.54, 1.807) is 24.3 Å². The number of ether oxygens (including phenoxy) is 1. The van der Waals surface area contributed by atoms with Gasteiger partial charge in [-0.05, 0) is 43.7 Å². The van der Waals surface area contributed by atoms with E-state index in [2.05, 4.69) is 0 Å². The van der Waals surface area contributed by atoms with Crippen LogP contribution in [0.15, 0.2) is 24.3 Å². The highest BCUT2D eigenvalue weighted by Crippen LogP contribution is 2.18. The van der Waals surface area contributed by atoms with Crippen LogP contribution in [0.5, 0.6) is 5.75 Å². The fourth-order valence-electron chi connectivity index (χ4n) is 2.41. The van der Waals surface area contributed by atoms with Crippen LogP contribution in [-0.2, 0) is 4.79 Å². The second-order valence-electron chi connectivity index (χ2n) is 4.97. The molecule has 6 heteroatoms. The minimum atomic E-state index is -0.661. The minimum absolute atomic E-state index is 0.170. The quantitative estimate of drug-likeness (QED) is 0.822. The van der Waals surface area contributed by atoms with Crippen LogP contribution in [0, 0.1) is 0 Å². The standard InChI is InChI=1S/C14H19ClN2O3/c15-10-3-5-12(6-4-10)20-9-11(18)8-17-7-1-2-13(17)14(16)19/h3-6,11,13,18H,1-2,7-9H2,(H2,16,19). The largest absolute Gasteiger partial charge is 0.491 e. The number of aliphatic hydroxyl groups is 1. The van der Waals surface area contributed by atoms with Gasteiger partial charge in [-0.1, -0.05) is 11.6 Å². The van der Waals surface area contributed by atoms with E-state index in [9.17, 15) is 9.90 Å². The number of halogens is 1. The molecule has 1 aromatic rings. The van der Waals surface area contributed by atoms with Crippen molar-refractivity contribution in [3.63, 3.8) is 0 Å². The first-order valence-electron chi connectivity index (χ1n) is 6.66. The Morgan fingerprint density at radius 3 is 2.85 bits per heavy atom. The first kappa shape index (κ1) is 15.1. The second kappa shape index (κ2) is 6.92. The van der Waals surface area contributed by atoms with Gasteiger partial charge in [-0.2, -0.15) is 0 Å². The van der Waals surface area contributed by atoms with Gasteiger partial charge in [0.25, 0.3) is 0 Å². The lowest BCUT2D eigenvalue weighted by atomic mass is 10.2. The maximum Gasteiger partial charge on any atom is 0.234 e. The average molecular weight is 299 g/mol. The Morgan fingerprint density at radius 2 is 2.20 bits per heavy atom. The zero-order valence-electron chi connectivity index (χ0n) is 11.2. The van der Waals surface area contributed by atoms with Crippen molar-refractivity contribution in [2.75, 3.05) is 19.7 Å².